The molecule has 0 saturated heterocycles. The lowest BCUT2D eigenvalue weighted by Gasteiger charge is -2.32. The largest absolute Gasteiger partial charge is 0.352 e. The molecular formula is C26H32Cl2N2O2S. The summed E-state index contributed by atoms with van der Waals surface area (Å²) < 4.78 is 0. The predicted octanol–water partition coefficient (Wildman–Crippen LogP) is 6.48. The Kier molecular flexibility index (Phi) is 10.4. The molecule has 7 heteroatoms. The summed E-state index contributed by atoms with van der Waals surface area (Å²) in [6.07, 6.45) is 6.13. The Bertz CT molecular complexity index is 900. The number of benzene rings is 2. The first-order valence-electron chi connectivity index (χ1n) is 11.6. The zero-order chi connectivity index (χ0) is 23.6. The quantitative estimate of drug-likeness (QED) is 0.400. The summed E-state index contributed by atoms with van der Waals surface area (Å²) >= 11 is 14.0. The van der Waals surface area contributed by atoms with Gasteiger partial charge in [-0.05, 0) is 42.5 Å². The Balaban J connectivity index is 1.70. The number of nitrogens with zero attached hydrogens (tertiary/aromatic N) is 1. The second-order valence-corrected chi connectivity index (χ2v) is 10.3. The third-order valence-electron chi connectivity index (χ3n) is 6.07. The number of thioether (sulfide) groups is 1. The van der Waals surface area contributed by atoms with E-state index in [4.69, 9.17) is 23.2 Å². The minimum Gasteiger partial charge on any atom is -0.352 e. The van der Waals surface area contributed by atoms with Gasteiger partial charge >= 0.3 is 0 Å². The van der Waals surface area contributed by atoms with Crippen LogP contribution in [0.2, 0.25) is 10.0 Å². The number of nitrogens with one attached hydrogen (secondary N) is 1. The highest BCUT2D eigenvalue weighted by Gasteiger charge is 2.30. The van der Waals surface area contributed by atoms with Gasteiger partial charge in [-0.2, -0.15) is 0 Å². The van der Waals surface area contributed by atoms with Crippen LogP contribution in [0.25, 0.3) is 0 Å². The van der Waals surface area contributed by atoms with E-state index in [1.54, 1.807) is 17.0 Å². The van der Waals surface area contributed by atoms with Crippen LogP contribution in [0.15, 0.2) is 48.5 Å². The highest BCUT2D eigenvalue weighted by molar-refractivity contribution is 7.99. The summed E-state index contributed by atoms with van der Waals surface area (Å²) in [5.74, 6) is 0.682. The van der Waals surface area contributed by atoms with Crippen molar-refractivity contribution in [3.63, 3.8) is 0 Å². The van der Waals surface area contributed by atoms with Crippen molar-refractivity contribution in [1.82, 2.24) is 10.2 Å². The van der Waals surface area contributed by atoms with Gasteiger partial charge < -0.3 is 10.2 Å². The third-order valence-corrected chi connectivity index (χ3v) is 7.72. The first-order chi connectivity index (χ1) is 16.0. The van der Waals surface area contributed by atoms with Gasteiger partial charge in [0.2, 0.25) is 11.8 Å². The van der Waals surface area contributed by atoms with Crippen molar-refractivity contribution in [2.24, 2.45) is 0 Å². The summed E-state index contributed by atoms with van der Waals surface area (Å²) in [6.45, 7) is 2.37. The van der Waals surface area contributed by atoms with Crippen molar-refractivity contribution in [3.8, 4) is 0 Å². The molecule has 1 unspecified atom stereocenters. The normalized spacial score (nSPS) is 15.1. The molecule has 1 fully saturated rings. The molecule has 33 heavy (non-hydrogen) atoms. The van der Waals surface area contributed by atoms with Crippen molar-refractivity contribution in [2.75, 3.05) is 5.75 Å². The number of amides is 2. The van der Waals surface area contributed by atoms with Gasteiger partial charge in [0, 0.05) is 28.4 Å². The Morgan fingerprint density at radius 3 is 2.33 bits per heavy atom. The summed E-state index contributed by atoms with van der Waals surface area (Å²) in [6, 6.07) is 15.0. The van der Waals surface area contributed by atoms with Crippen LogP contribution in [-0.4, -0.2) is 34.6 Å². The molecule has 2 amide bonds. The van der Waals surface area contributed by atoms with Gasteiger partial charge in [-0.25, -0.2) is 0 Å². The van der Waals surface area contributed by atoms with E-state index in [1.807, 2.05) is 43.3 Å². The van der Waals surface area contributed by atoms with Crippen LogP contribution >= 0.6 is 35.0 Å². The first kappa shape index (κ1) is 25.9. The molecule has 0 heterocycles. The highest BCUT2D eigenvalue weighted by Crippen LogP contribution is 2.28. The number of carbonyl (C=O) groups excluding carboxylic acids is 2. The standard InChI is InChI=1S/C26H32Cl2N2O2S/c1-2-24(26(32)29-20-12-7-4-8-13-20)30(16-19-10-5-3-6-11-19)25(31)18-33-17-21-22(27)14-9-15-23(21)28/h3,5-6,9-11,14-15,20,24H,2,4,7-8,12-13,16-18H2,1H3,(H,29,32). The molecule has 2 aromatic rings. The van der Waals surface area contributed by atoms with Crippen LogP contribution < -0.4 is 5.32 Å². The first-order valence-corrected chi connectivity index (χ1v) is 13.5. The lowest BCUT2D eigenvalue weighted by atomic mass is 9.95. The molecule has 0 bridgehead atoms. The number of halogens is 2. The van der Waals surface area contributed by atoms with Gasteiger partial charge in [-0.1, -0.05) is 85.8 Å². The summed E-state index contributed by atoms with van der Waals surface area (Å²) in [5.41, 5.74) is 1.84. The van der Waals surface area contributed by atoms with Crippen molar-refractivity contribution in [1.29, 1.82) is 0 Å². The number of hydrogen-bond acceptors (Lipinski definition) is 3. The second-order valence-electron chi connectivity index (χ2n) is 8.47. The molecular weight excluding hydrogens is 475 g/mol. The van der Waals surface area contributed by atoms with Crippen LogP contribution in [0.1, 0.15) is 56.6 Å². The van der Waals surface area contributed by atoms with Crippen molar-refractivity contribution in [2.45, 2.75) is 69.8 Å². The molecule has 0 spiro atoms. The van der Waals surface area contributed by atoms with Gasteiger partial charge in [0.1, 0.15) is 6.04 Å². The molecule has 2 aromatic carbocycles. The van der Waals surface area contributed by atoms with Crippen LogP contribution in [0, 0.1) is 0 Å². The number of rotatable bonds is 10. The summed E-state index contributed by atoms with van der Waals surface area (Å²) in [7, 11) is 0. The van der Waals surface area contributed by atoms with Crippen LogP contribution in [0.5, 0.6) is 0 Å². The average molecular weight is 508 g/mol. The summed E-state index contributed by atoms with van der Waals surface area (Å²) in [5, 5.41) is 4.41. The van der Waals surface area contributed by atoms with Crippen LogP contribution in [0.4, 0.5) is 0 Å². The van der Waals surface area contributed by atoms with Gasteiger partial charge in [-0.3, -0.25) is 9.59 Å². The topological polar surface area (TPSA) is 49.4 Å². The van der Waals surface area contributed by atoms with Crippen molar-refractivity contribution in [3.05, 3.63) is 69.7 Å². The highest BCUT2D eigenvalue weighted by atomic mass is 35.5. The molecule has 0 radical (unpaired) electrons. The molecule has 1 aliphatic rings. The fourth-order valence-corrected chi connectivity index (χ4v) is 5.88. The van der Waals surface area contributed by atoms with E-state index in [0.29, 0.717) is 28.8 Å². The van der Waals surface area contributed by atoms with Gasteiger partial charge in [-0.15, -0.1) is 11.8 Å². The molecule has 178 valence electrons. The Morgan fingerprint density at radius 1 is 1.03 bits per heavy atom. The van der Waals surface area contributed by atoms with Crippen LogP contribution in [-0.2, 0) is 21.9 Å². The van der Waals surface area contributed by atoms with Gasteiger partial charge in [0.05, 0.1) is 5.75 Å². The van der Waals surface area contributed by atoms with E-state index < -0.39 is 6.04 Å². The fraction of sp³-hybridized carbons (Fsp3) is 0.462. The van der Waals surface area contributed by atoms with E-state index in [9.17, 15) is 9.59 Å². The van der Waals surface area contributed by atoms with E-state index in [1.165, 1.54) is 18.2 Å². The molecule has 4 nitrogen and oxygen atoms in total. The molecule has 0 aromatic heterocycles. The zero-order valence-electron chi connectivity index (χ0n) is 19.1. The molecule has 3 rings (SSSR count). The molecule has 0 aliphatic heterocycles. The van der Waals surface area contributed by atoms with Crippen molar-refractivity contribution >= 4 is 46.8 Å². The monoisotopic (exact) mass is 506 g/mol. The minimum atomic E-state index is -0.496. The minimum absolute atomic E-state index is 0.0483. The van der Waals surface area contributed by atoms with E-state index in [2.05, 4.69) is 5.32 Å². The van der Waals surface area contributed by atoms with Crippen LogP contribution in [0.3, 0.4) is 0 Å². The fourth-order valence-electron chi connectivity index (χ4n) is 4.24. The van der Waals surface area contributed by atoms with Crippen molar-refractivity contribution < 1.29 is 9.59 Å². The molecule has 1 atom stereocenters. The molecule has 1 saturated carbocycles. The average Bonchev–Trinajstić information content (AvgIpc) is 2.82. The lowest BCUT2D eigenvalue weighted by Crippen LogP contribution is -2.52. The Hall–Kier alpha value is -1.69. The summed E-state index contributed by atoms with van der Waals surface area (Å²) in [4.78, 5) is 28.3. The van der Waals surface area contributed by atoms with E-state index in [-0.39, 0.29) is 23.6 Å². The SMILES string of the molecule is CCC(C(=O)NC1CCCCC1)N(Cc1ccccc1)C(=O)CSCc1c(Cl)cccc1Cl. The maximum atomic E-state index is 13.4. The van der Waals surface area contributed by atoms with E-state index in [0.717, 1.165) is 36.8 Å². The second kappa shape index (κ2) is 13.3. The third kappa shape index (κ3) is 7.66. The maximum Gasteiger partial charge on any atom is 0.243 e. The number of carbonyl (C=O) groups is 2. The molecule has 1 aliphatic carbocycles. The molecule has 1 N–H and O–H groups in total. The zero-order valence-corrected chi connectivity index (χ0v) is 21.4. The van der Waals surface area contributed by atoms with Gasteiger partial charge in [0.25, 0.3) is 0 Å². The predicted molar refractivity (Wildman–Crippen MR) is 139 cm³/mol. The Morgan fingerprint density at radius 2 is 1.70 bits per heavy atom. The maximum absolute atomic E-state index is 13.4. The lowest BCUT2D eigenvalue weighted by molar-refractivity contribution is -0.139. The smallest absolute Gasteiger partial charge is 0.243 e. The van der Waals surface area contributed by atoms with Gasteiger partial charge in [0.15, 0.2) is 0 Å². The number of hydrogen-bond donors (Lipinski definition) is 1. The van der Waals surface area contributed by atoms with E-state index >= 15 is 0 Å². The Labute approximate surface area is 211 Å².